The standard InChI is InChI=1S/C14H19ClFN3O2/c1-17-5-2-10-3-6-18(7-4-10)13-8-11(15)12(16)9-14(13)19(20)21/h8-10,17H,2-7H2,1H3. The molecular formula is C14H19ClFN3O2. The van der Waals surface area contributed by atoms with Gasteiger partial charge < -0.3 is 10.2 Å². The van der Waals surface area contributed by atoms with Crippen molar-refractivity contribution in [1.82, 2.24) is 5.32 Å². The lowest BCUT2D eigenvalue weighted by Crippen LogP contribution is -2.34. The number of hydrogen-bond donors (Lipinski definition) is 1. The second-order valence-corrected chi connectivity index (χ2v) is 5.74. The Morgan fingerprint density at radius 3 is 2.71 bits per heavy atom. The van der Waals surface area contributed by atoms with Gasteiger partial charge in [0.15, 0.2) is 0 Å². The summed E-state index contributed by atoms with van der Waals surface area (Å²) in [7, 11) is 1.93. The Morgan fingerprint density at radius 1 is 1.48 bits per heavy atom. The molecule has 0 unspecified atom stereocenters. The molecule has 1 N–H and O–H groups in total. The molecular weight excluding hydrogens is 297 g/mol. The molecule has 0 saturated carbocycles. The summed E-state index contributed by atoms with van der Waals surface area (Å²) in [4.78, 5) is 12.5. The first-order valence-electron chi connectivity index (χ1n) is 7.06. The van der Waals surface area contributed by atoms with Crippen molar-refractivity contribution in [1.29, 1.82) is 0 Å². The molecule has 7 heteroatoms. The molecule has 1 heterocycles. The summed E-state index contributed by atoms with van der Waals surface area (Å²) < 4.78 is 13.4. The summed E-state index contributed by atoms with van der Waals surface area (Å²) in [6.07, 6.45) is 3.07. The maximum absolute atomic E-state index is 13.4. The highest BCUT2D eigenvalue weighted by Crippen LogP contribution is 2.35. The molecule has 5 nitrogen and oxygen atoms in total. The van der Waals surface area contributed by atoms with Gasteiger partial charge in [-0.05, 0) is 44.8 Å². The van der Waals surface area contributed by atoms with E-state index >= 15 is 0 Å². The van der Waals surface area contributed by atoms with Gasteiger partial charge in [-0.15, -0.1) is 0 Å². The smallest absolute Gasteiger partial charge is 0.295 e. The van der Waals surface area contributed by atoms with E-state index in [9.17, 15) is 14.5 Å². The van der Waals surface area contributed by atoms with E-state index in [0.717, 1.165) is 45.0 Å². The highest BCUT2D eigenvalue weighted by molar-refractivity contribution is 6.31. The zero-order chi connectivity index (χ0) is 15.4. The molecule has 1 fully saturated rings. The van der Waals surface area contributed by atoms with Gasteiger partial charge in [0, 0.05) is 13.1 Å². The number of halogens is 2. The molecule has 1 aromatic rings. The number of nitrogens with zero attached hydrogens (tertiary/aromatic N) is 2. The van der Waals surface area contributed by atoms with Crippen molar-refractivity contribution >= 4 is 23.0 Å². The van der Waals surface area contributed by atoms with Crippen LogP contribution < -0.4 is 10.2 Å². The Morgan fingerprint density at radius 2 is 2.14 bits per heavy atom. The summed E-state index contributed by atoms with van der Waals surface area (Å²) in [6.45, 7) is 2.45. The van der Waals surface area contributed by atoms with Crippen LogP contribution in [0, 0.1) is 21.8 Å². The number of nitro benzene ring substituents is 1. The van der Waals surface area contributed by atoms with Crippen LogP contribution in [0.2, 0.25) is 5.02 Å². The average Bonchev–Trinajstić information content (AvgIpc) is 2.48. The number of nitrogens with one attached hydrogen (secondary N) is 1. The van der Waals surface area contributed by atoms with Gasteiger partial charge in [0.05, 0.1) is 16.0 Å². The molecule has 1 aromatic carbocycles. The van der Waals surface area contributed by atoms with Gasteiger partial charge >= 0.3 is 0 Å². The molecule has 2 rings (SSSR count). The van der Waals surface area contributed by atoms with Crippen LogP contribution in [0.25, 0.3) is 0 Å². The van der Waals surface area contributed by atoms with Crippen molar-refractivity contribution in [2.45, 2.75) is 19.3 Å². The maximum atomic E-state index is 13.4. The lowest BCUT2D eigenvalue weighted by atomic mass is 9.93. The Bertz CT molecular complexity index is 519. The van der Waals surface area contributed by atoms with Gasteiger partial charge in [0.25, 0.3) is 5.69 Å². The Kier molecular flexibility index (Phi) is 5.36. The summed E-state index contributed by atoms with van der Waals surface area (Å²) in [5.41, 5.74) is 0.198. The molecule has 1 saturated heterocycles. The highest BCUT2D eigenvalue weighted by atomic mass is 35.5. The van der Waals surface area contributed by atoms with E-state index in [1.54, 1.807) is 0 Å². The van der Waals surface area contributed by atoms with E-state index in [4.69, 9.17) is 11.6 Å². The van der Waals surface area contributed by atoms with E-state index in [1.165, 1.54) is 6.07 Å². The van der Waals surface area contributed by atoms with E-state index in [2.05, 4.69) is 5.32 Å². The number of rotatable bonds is 5. The minimum Gasteiger partial charge on any atom is -0.366 e. The summed E-state index contributed by atoms with van der Waals surface area (Å²) in [5, 5.41) is 14.2. The van der Waals surface area contributed by atoms with Crippen molar-refractivity contribution in [3.63, 3.8) is 0 Å². The van der Waals surface area contributed by atoms with E-state index in [0.29, 0.717) is 11.6 Å². The predicted octanol–water partition coefficient (Wildman–Crippen LogP) is 3.21. The van der Waals surface area contributed by atoms with Crippen LogP contribution in [0.3, 0.4) is 0 Å². The molecule has 0 spiro atoms. The fraction of sp³-hybridized carbons (Fsp3) is 0.571. The molecule has 0 aromatic heterocycles. The van der Waals surface area contributed by atoms with Crippen molar-refractivity contribution in [3.8, 4) is 0 Å². The van der Waals surface area contributed by atoms with E-state index in [-0.39, 0.29) is 10.7 Å². The van der Waals surface area contributed by atoms with Gasteiger partial charge in [0.1, 0.15) is 11.5 Å². The van der Waals surface area contributed by atoms with Crippen LogP contribution in [0.15, 0.2) is 12.1 Å². The molecule has 21 heavy (non-hydrogen) atoms. The minimum absolute atomic E-state index is 0.0760. The third kappa shape index (κ3) is 3.83. The van der Waals surface area contributed by atoms with E-state index < -0.39 is 10.7 Å². The van der Waals surface area contributed by atoms with Gasteiger partial charge in [0.2, 0.25) is 0 Å². The molecule has 1 aliphatic rings. The van der Waals surface area contributed by atoms with Crippen LogP contribution in [0.5, 0.6) is 0 Å². The van der Waals surface area contributed by atoms with Crippen LogP contribution in [0.1, 0.15) is 19.3 Å². The van der Waals surface area contributed by atoms with Crippen molar-refractivity contribution in [3.05, 3.63) is 33.1 Å². The molecule has 1 aliphatic heterocycles. The Balaban J connectivity index is 2.12. The van der Waals surface area contributed by atoms with Crippen molar-refractivity contribution in [2.24, 2.45) is 5.92 Å². The van der Waals surface area contributed by atoms with E-state index in [1.807, 2.05) is 11.9 Å². The molecule has 0 aliphatic carbocycles. The molecule has 0 radical (unpaired) electrons. The SMILES string of the molecule is CNCCC1CCN(c2cc(Cl)c(F)cc2[N+](=O)[O-])CC1. The fourth-order valence-corrected chi connectivity index (χ4v) is 2.89. The number of nitro groups is 1. The zero-order valence-electron chi connectivity index (χ0n) is 11.9. The number of anilines is 1. The topological polar surface area (TPSA) is 58.4 Å². The molecule has 116 valence electrons. The highest BCUT2D eigenvalue weighted by Gasteiger charge is 2.26. The monoisotopic (exact) mass is 315 g/mol. The largest absolute Gasteiger partial charge is 0.366 e. The van der Waals surface area contributed by atoms with Gasteiger partial charge in [-0.1, -0.05) is 11.6 Å². The number of hydrogen-bond acceptors (Lipinski definition) is 4. The minimum atomic E-state index is -0.754. The average molecular weight is 316 g/mol. The summed E-state index contributed by atoms with van der Waals surface area (Å²) in [6, 6.07) is 2.27. The van der Waals surface area contributed by atoms with Crippen LogP contribution in [-0.4, -0.2) is 31.6 Å². The quantitative estimate of drug-likeness (QED) is 0.669. The fourth-order valence-electron chi connectivity index (χ4n) is 2.74. The van der Waals surface area contributed by atoms with Crippen LogP contribution in [-0.2, 0) is 0 Å². The second-order valence-electron chi connectivity index (χ2n) is 5.33. The normalized spacial score (nSPS) is 16.2. The first kappa shape index (κ1) is 16.0. The Hall–Kier alpha value is -1.40. The molecule has 0 amide bonds. The first-order chi connectivity index (χ1) is 10.0. The Labute approximate surface area is 128 Å². The van der Waals surface area contributed by atoms with Crippen LogP contribution in [0.4, 0.5) is 15.8 Å². The number of piperidine rings is 1. The zero-order valence-corrected chi connectivity index (χ0v) is 12.7. The molecule has 0 atom stereocenters. The number of benzene rings is 1. The third-order valence-electron chi connectivity index (χ3n) is 3.97. The summed E-state index contributed by atoms with van der Waals surface area (Å²) >= 11 is 5.77. The lowest BCUT2D eigenvalue weighted by molar-refractivity contribution is -0.384. The third-order valence-corrected chi connectivity index (χ3v) is 4.26. The second kappa shape index (κ2) is 7.04. The first-order valence-corrected chi connectivity index (χ1v) is 7.43. The van der Waals surface area contributed by atoms with Crippen molar-refractivity contribution < 1.29 is 9.31 Å². The van der Waals surface area contributed by atoms with Crippen LogP contribution >= 0.6 is 11.6 Å². The van der Waals surface area contributed by atoms with Gasteiger partial charge in [-0.3, -0.25) is 10.1 Å². The maximum Gasteiger partial charge on any atom is 0.295 e. The van der Waals surface area contributed by atoms with Gasteiger partial charge in [-0.2, -0.15) is 0 Å². The predicted molar refractivity (Wildman–Crippen MR) is 81.5 cm³/mol. The van der Waals surface area contributed by atoms with Gasteiger partial charge in [-0.25, -0.2) is 4.39 Å². The van der Waals surface area contributed by atoms with Crippen molar-refractivity contribution in [2.75, 3.05) is 31.6 Å². The lowest BCUT2D eigenvalue weighted by Gasteiger charge is -2.33. The molecule has 0 bridgehead atoms. The summed E-state index contributed by atoms with van der Waals surface area (Å²) in [5.74, 6) is -0.125.